The van der Waals surface area contributed by atoms with Crippen LogP contribution in [-0.4, -0.2) is 96.8 Å². The van der Waals surface area contributed by atoms with E-state index in [0.717, 1.165) is 11.8 Å². The second-order valence-electron chi connectivity index (χ2n) is 9.50. The van der Waals surface area contributed by atoms with E-state index in [9.17, 15) is 37.2 Å². The molecule has 0 bridgehead atoms. The van der Waals surface area contributed by atoms with Gasteiger partial charge in [-0.2, -0.15) is 18.4 Å². The predicted octanol–water partition coefficient (Wildman–Crippen LogP) is 2.25. The lowest BCUT2D eigenvalue weighted by Gasteiger charge is -2.25. The summed E-state index contributed by atoms with van der Waals surface area (Å²) >= 11 is 1.06. The summed E-state index contributed by atoms with van der Waals surface area (Å²) in [5.74, 6) is -4.21. The number of morpholine rings is 1. The first-order valence-electron chi connectivity index (χ1n) is 12.8. The number of nitriles is 1. The molecule has 2 fully saturated rings. The molecule has 2 aliphatic rings. The molecular formula is C25H32F4N6O4S. The van der Waals surface area contributed by atoms with Crippen molar-refractivity contribution in [3.8, 4) is 6.07 Å². The van der Waals surface area contributed by atoms with Crippen LogP contribution in [0, 0.1) is 29.0 Å². The van der Waals surface area contributed by atoms with Gasteiger partial charge in [0.15, 0.2) is 5.92 Å². The van der Waals surface area contributed by atoms with Crippen LogP contribution < -0.4 is 16.0 Å². The first-order chi connectivity index (χ1) is 18.9. The molecule has 220 valence electrons. The lowest BCUT2D eigenvalue weighted by molar-refractivity contribution is -0.141. The molecule has 15 heteroatoms. The van der Waals surface area contributed by atoms with Crippen molar-refractivity contribution in [1.82, 2.24) is 15.1 Å². The van der Waals surface area contributed by atoms with Crippen LogP contribution in [0.4, 0.5) is 28.9 Å². The van der Waals surface area contributed by atoms with Gasteiger partial charge < -0.3 is 25.6 Å². The molecule has 40 heavy (non-hydrogen) atoms. The van der Waals surface area contributed by atoms with Gasteiger partial charge >= 0.3 is 6.18 Å². The summed E-state index contributed by atoms with van der Waals surface area (Å²) in [4.78, 5) is 41.1. The fraction of sp³-hybridized carbons (Fsp3) is 0.600. The molecule has 0 radical (unpaired) electrons. The molecule has 1 aromatic carbocycles. The van der Waals surface area contributed by atoms with Gasteiger partial charge in [0, 0.05) is 31.9 Å². The van der Waals surface area contributed by atoms with Crippen LogP contribution in [0.15, 0.2) is 18.2 Å². The monoisotopic (exact) mass is 588 g/mol. The van der Waals surface area contributed by atoms with Crippen molar-refractivity contribution in [3.05, 3.63) is 24.0 Å². The van der Waals surface area contributed by atoms with Gasteiger partial charge in [0.1, 0.15) is 17.7 Å². The average Bonchev–Trinajstić information content (AvgIpc) is 3.24. The highest BCUT2D eigenvalue weighted by Gasteiger charge is 2.47. The Hall–Kier alpha value is -3.09. The second kappa shape index (κ2) is 14.0. The lowest BCUT2D eigenvalue weighted by Crippen LogP contribution is -2.46. The van der Waals surface area contributed by atoms with Gasteiger partial charge in [-0.1, -0.05) is 6.92 Å². The van der Waals surface area contributed by atoms with Crippen molar-refractivity contribution in [1.29, 1.82) is 5.26 Å². The number of hydrogen-bond acceptors (Lipinski definition) is 8. The van der Waals surface area contributed by atoms with Crippen LogP contribution in [0.2, 0.25) is 0 Å². The van der Waals surface area contributed by atoms with Crippen molar-refractivity contribution >= 4 is 40.9 Å². The molecule has 3 rings (SSSR count). The van der Waals surface area contributed by atoms with E-state index in [1.54, 1.807) is 25.2 Å². The van der Waals surface area contributed by atoms with Crippen LogP contribution in [0.25, 0.3) is 0 Å². The number of anilines is 2. The molecule has 0 aliphatic carbocycles. The average molecular weight is 589 g/mol. The first-order valence-corrected chi connectivity index (χ1v) is 13.7. The number of nitrogens with zero attached hydrogens (tertiary/aromatic N) is 3. The van der Waals surface area contributed by atoms with E-state index < -0.39 is 41.0 Å². The highest BCUT2D eigenvalue weighted by atomic mass is 32.2. The summed E-state index contributed by atoms with van der Waals surface area (Å²) in [7, 11) is 0. The number of thioether (sulfide) groups is 1. The molecule has 0 spiro atoms. The largest absolute Gasteiger partial charge is 0.405 e. The Kier molecular flexibility index (Phi) is 11.0. The third kappa shape index (κ3) is 8.45. The quantitative estimate of drug-likeness (QED) is 0.336. The Morgan fingerprint density at radius 1 is 1.27 bits per heavy atom. The molecule has 0 aromatic heterocycles. The standard InChI is InChI=1S/C25H32F4N6O4S/c1-3-35-23(38)21(40-24(35)17(11-30)22(37)32-14-25(27,28)29)15(2)12-31-16-4-5-18(26)19(10-16)33-20(36)13-34-6-8-39-9-7-34/h4-5,10,15,17,21,24,31H,3,6-9,12-14H2,1-2H3,(H,32,37)(H,33,36)/t15-,17+,21?,24?/m0/s1. The summed E-state index contributed by atoms with van der Waals surface area (Å²) in [5.41, 5.74) is 0.497. The molecule has 3 N–H and O–H groups in total. The van der Waals surface area contributed by atoms with Crippen LogP contribution in [0.3, 0.4) is 0 Å². The molecule has 0 saturated carbocycles. The van der Waals surface area contributed by atoms with Crippen molar-refractivity contribution < 1.29 is 36.7 Å². The van der Waals surface area contributed by atoms with Crippen LogP contribution >= 0.6 is 11.8 Å². The number of carbonyl (C=O) groups excluding carboxylic acids is 3. The molecule has 1 aromatic rings. The normalized spacial score (nSPS) is 21.4. The third-order valence-corrected chi connectivity index (χ3v) is 8.25. The molecule has 2 heterocycles. The number of ether oxygens (including phenoxy) is 1. The van der Waals surface area contributed by atoms with Crippen LogP contribution in [0.5, 0.6) is 0 Å². The highest BCUT2D eigenvalue weighted by molar-refractivity contribution is 8.01. The number of amides is 3. The van der Waals surface area contributed by atoms with Gasteiger partial charge in [-0.05, 0) is 31.0 Å². The maximum atomic E-state index is 14.4. The lowest BCUT2D eigenvalue weighted by atomic mass is 10.1. The summed E-state index contributed by atoms with van der Waals surface area (Å²) in [6.45, 7) is 4.66. The number of halogens is 4. The van der Waals surface area contributed by atoms with E-state index in [1.165, 1.54) is 23.1 Å². The van der Waals surface area contributed by atoms with Crippen molar-refractivity contribution in [2.75, 3.05) is 63.1 Å². The number of benzene rings is 1. The van der Waals surface area contributed by atoms with Crippen LogP contribution in [0.1, 0.15) is 13.8 Å². The van der Waals surface area contributed by atoms with Gasteiger partial charge in [0.05, 0.1) is 36.8 Å². The molecule has 2 saturated heterocycles. The van der Waals surface area contributed by atoms with E-state index in [0.29, 0.717) is 32.0 Å². The minimum absolute atomic E-state index is 0.00110. The third-order valence-electron chi connectivity index (χ3n) is 6.49. The van der Waals surface area contributed by atoms with Crippen LogP contribution in [-0.2, 0) is 19.1 Å². The van der Waals surface area contributed by atoms with Crippen molar-refractivity contribution in [3.63, 3.8) is 0 Å². The topological polar surface area (TPSA) is 127 Å². The molecule has 10 nitrogen and oxygen atoms in total. The first kappa shape index (κ1) is 31.4. The van der Waals surface area contributed by atoms with E-state index in [4.69, 9.17) is 4.74 Å². The number of alkyl halides is 3. The Labute approximate surface area is 233 Å². The van der Waals surface area contributed by atoms with E-state index >= 15 is 0 Å². The SMILES string of the molecule is CCN1C(=O)C([C@@H](C)CNc2ccc(F)c(NC(=O)CN3CCOCC3)c2)SC1[C@H](C#N)C(=O)NCC(F)(F)F. The number of nitrogens with one attached hydrogen (secondary N) is 3. The Balaban J connectivity index is 1.60. The number of rotatable bonds is 11. The van der Waals surface area contributed by atoms with Gasteiger partial charge in [-0.15, -0.1) is 11.8 Å². The number of carbonyl (C=O) groups is 3. The number of hydrogen-bond donors (Lipinski definition) is 3. The molecule has 2 aliphatic heterocycles. The van der Waals surface area contributed by atoms with E-state index in [1.807, 2.05) is 4.90 Å². The summed E-state index contributed by atoms with van der Waals surface area (Å²) in [6.07, 6.45) is -4.63. The zero-order valence-electron chi connectivity index (χ0n) is 22.1. The van der Waals surface area contributed by atoms with Crippen molar-refractivity contribution in [2.45, 2.75) is 30.6 Å². The zero-order valence-corrected chi connectivity index (χ0v) is 22.9. The molecular weight excluding hydrogens is 556 g/mol. The highest BCUT2D eigenvalue weighted by Crippen LogP contribution is 2.39. The Bertz CT molecular complexity index is 1110. The second-order valence-corrected chi connectivity index (χ2v) is 10.8. The minimum atomic E-state index is -4.63. The Morgan fingerprint density at radius 3 is 2.60 bits per heavy atom. The summed E-state index contributed by atoms with van der Waals surface area (Å²) < 4.78 is 57.3. The fourth-order valence-corrected chi connectivity index (χ4v) is 6.02. The van der Waals surface area contributed by atoms with Gasteiger partial charge in [-0.3, -0.25) is 19.3 Å². The predicted molar refractivity (Wildman–Crippen MR) is 141 cm³/mol. The van der Waals surface area contributed by atoms with Gasteiger partial charge in [-0.25, -0.2) is 4.39 Å². The van der Waals surface area contributed by atoms with Gasteiger partial charge in [0.25, 0.3) is 0 Å². The summed E-state index contributed by atoms with van der Waals surface area (Å²) in [6, 6.07) is 5.89. The van der Waals surface area contributed by atoms with Gasteiger partial charge in [0.2, 0.25) is 17.7 Å². The zero-order chi connectivity index (χ0) is 29.4. The molecule has 2 unspecified atom stereocenters. The molecule has 3 amide bonds. The fourth-order valence-electron chi connectivity index (χ4n) is 4.36. The maximum Gasteiger partial charge on any atom is 0.405 e. The van der Waals surface area contributed by atoms with Crippen molar-refractivity contribution in [2.24, 2.45) is 11.8 Å². The smallest absolute Gasteiger partial charge is 0.385 e. The molecule has 4 atom stereocenters. The minimum Gasteiger partial charge on any atom is -0.385 e. The van der Waals surface area contributed by atoms with E-state index in [2.05, 4.69) is 10.6 Å². The van der Waals surface area contributed by atoms with E-state index in [-0.39, 0.29) is 43.1 Å². The Morgan fingerprint density at radius 2 is 1.98 bits per heavy atom. The summed E-state index contributed by atoms with van der Waals surface area (Å²) in [5, 5.41) is 15.3. The maximum absolute atomic E-state index is 14.4.